The van der Waals surface area contributed by atoms with Crippen molar-refractivity contribution in [3.05, 3.63) is 0 Å². The molecule has 98 valence electrons. The van der Waals surface area contributed by atoms with Crippen LogP contribution in [0.25, 0.3) is 0 Å². The number of nitrogens with zero attached hydrogens (tertiary/aromatic N) is 1. The van der Waals surface area contributed by atoms with Crippen molar-refractivity contribution in [2.24, 2.45) is 0 Å². The van der Waals surface area contributed by atoms with E-state index in [9.17, 15) is 13.2 Å². The summed E-state index contributed by atoms with van der Waals surface area (Å²) in [6, 6.07) is 0.723. The molecule has 2 N–H and O–H groups in total. The van der Waals surface area contributed by atoms with Crippen LogP contribution >= 0.6 is 0 Å². The Kier molecular flexibility index (Phi) is 3.42. The van der Waals surface area contributed by atoms with E-state index in [2.05, 4.69) is 5.32 Å². The lowest BCUT2D eigenvalue weighted by molar-refractivity contribution is -0.134. The second kappa shape index (κ2) is 4.55. The van der Waals surface area contributed by atoms with Gasteiger partial charge in [0.2, 0.25) is 10.0 Å². The summed E-state index contributed by atoms with van der Waals surface area (Å²) < 4.78 is 24.9. The molecule has 17 heavy (non-hydrogen) atoms. The monoisotopic (exact) mass is 262 g/mol. The van der Waals surface area contributed by atoms with Crippen LogP contribution in [0.4, 0.5) is 0 Å². The maximum absolute atomic E-state index is 11.8. The number of carbonyl (C=O) groups is 1. The highest BCUT2D eigenvalue weighted by Gasteiger charge is 2.38. The Bertz CT molecular complexity index is 397. The van der Waals surface area contributed by atoms with Gasteiger partial charge >= 0.3 is 5.97 Å². The summed E-state index contributed by atoms with van der Waals surface area (Å²) in [6.45, 7) is 0. The molecule has 2 aliphatic rings. The molecule has 6 nitrogen and oxygen atoms in total. The van der Waals surface area contributed by atoms with Gasteiger partial charge in [-0.05, 0) is 25.7 Å². The van der Waals surface area contributed by atoms with Gasteiger partial charge < -0.3 is 10.4 Å². The van der Waals surface area contributed by atoms with Gasteiger partial charge in [-0.25, -0.2) is 12.7 Å². The normalized spacial score (nSPS) is 32.9. The van der Waals surface area contributed by atoms with Gasteiger partial charge in [0.25, 0.3) is 0 Å². The van der Waals surface area contributed by atoms with Crippen molar-refractivity contribution < 1.29 is 18.3 Å². The van der Waals surface area contributed by atoms with Crippen LogP contribution in [0, 0.1) is 0 Å². The predicted octanol–water partition coefficient (Wildman–Crippen LogP) is -0.384. The number of carboxylic acid groups (broad SMARTS) is 1. The lowest BCUT2D eigenvalue weighted by atomic mass is 10.0. The standard InChI is InChI=1S/C10H18N2O4S/c1-12(17(15,16)6-10(13)14)9-4-7-2-3-8(5-9)11-7/h7-9,11H,2-6H2,1H3,(H,13,14). The minimum atomic E-state index is -3.67. The van der Waals surface area contributed by atoms with Gasteiger partial charge in [0, 0.05) is 25.2 Å². The first-order valence-electron chi connectivity index (χ1n) is 5.82. The topological polar surface area (TPSA) is 86.7 Å². The van der Waals surface area contributed by atoms with Gasteiger partial charge in [0.15, 0.2) is 5.75 Å². The fourth-order valence-electron chi connectivity index (χ4n) is 2.81. The SMILES string of the molecule is CN(C1CC2CCC(C1)N2)S(=O)(=O)CC(=O)O. The summed E-state index contributed by atoms with van der Waals surface area (Å²) in [5, 5.41) is 12.0. The van der Waals surface area contributed by atoms with Gasteiger partial charge in [-0.15, -0.1) is 0 Å². The highest BCUT2D eigenvalue weighted by Crippen LogP contribution is 2.30. The molecule has 0 aromatic rings. The Morgan fingerprint density at radius 3 is 2.35 bits per heavy atom. The molecule has 2 bridgehead atoms. The zero-order valence-corrected chi connectivity index (χ0v) is 10.6. The molecule has 0 amide bonds. The average Bonchev–Trinajstić information content (AvgIpc) is 2.54. The summed E-state index contributed by atoms with van der Waals surface area (Å²) in [6.07, 6.45) is 3.75. The first kappa shape index (κ1) is 12.8. The number of piperidine rings is 1. The third-order valence-corrected chi connectivity index (χ3v) is 5.49. The van der Waals surface area contributed by atoms with E-state index in [0.717, 1.165) is 25.7 Å². The Balaban J connectivity index is 2.05. The van der Waals surface area contributed by atoms with Gasteiger partial charge in [0.1, 0.15) is 0 Å². The molecule has 2 fully saturated rings. The lowest BCUT2D eigenvalue weighted by Gasteiger charge is -2.34. The minimum Gasteiger partial charge on any atom is -0.480 e. The number of carboxylic acids is 1. The highest BCUT2D eigenvalue weighted by molar-refractivity contribution is 7.89. The Morgan fingerprint density at radius 1 is 1.35 bits per heavy atom. The van der Waals surface area contributed by atoms with Crippen molar-refractivity contribution in [2.45, 2.75) is 43.8 Å². The van der Waals surface area contributed by atoms with Crippen LogP contribution in [0.3, 0.4) is 0 Å². The van der Waals surface area contributed by atoms with Crippen LogP contribution in [0.5, 0.6) is 0 Å². The van der Waals surface area contributed by atoms with E-state index in [-0.39, 0.29) is 6.04 Å². The first-order chi connectivity index (χ1) is 7.88. The lowest BCUT2D eigenvalue weighted by Crippen LogP contribution is -2.49. The summed E-state index contributed by atoms with van der Waals surface area (Å²) in [7, 11) is -2.18. The van der Waals surface area contributed by atoms with E-state index in [0.29, 0.717) is 12.1 Å². The zero-order chi connectivity index (χ0) is 12.6. The van der Waals surface area contributed by atoms with Gasteiger partial charge in [-0.1, -0.05) is 0 Å². The number of sulfonamides is 1. The van der Waals surface area contributed by atoms with E-state index in [1.807, 2.05) is 0 Å². The van der Waals surface area contributed by atoms with Crippen molar-refractivity contribution in [2.75, 3.05) is 12.8 Å². The number of hydrogen-bond acceptors (Lipinski definition) is 4. The summed E-state index contributed by atoms with van der Waals surface area (Å²) in [5.74, 6) is -2.11. The molecule has 0 aromatic carbocycles. The summed E-state index contributed by atoms with van der Waals surface area (Å²) in [5.41, 5.74) is 0. The first-order valence-corrected chi connectivity index (χ1v) is 7.43. The molecule has 2 unspecified atom stereocenters. The molecule has 2 heterocycles. The fourth-order valence-corrected chi connectivity index (χ4v) is 3.95. The summed E-state index contributed by atoms with van der Waals surface area (Å²) >= 11 is 0. The van der Waals surface area contributed by atoms with E-state index < -0.39 is 21.7 Å². The number of hydrogen-bond donors (Lipinski definition) is 2. The van der Waals surface area contributed by atoms with Gasteiger partial charge in [-0.2, -0.15) is 0 Å². The predicted molar refractivity (Wildman–Crippen MR) is 62.2 cm³/mol. The van der Waals surface area contributed by atoms with Crippen LogP contribution < -0.4 is 5.32 Å². The number of fused-ring (bicyclic) bond motifs is 2. The molecule has 0 aliphatic carbocycles. The summed E-state index contributed by atoms with van der Waals surface area (Å²) in [4.78, 5) is 10.5. The van der Waals surface area contributed by atoms with E-state index in [1.165, 1.54) is 11.4 Å². The van der Waals surface area contributed by atoms with Crippen LogP contribution in [-0.2, 0) is 14.8 Å². The Labute approximate surface area is 101 Å². The van der Waals surface area contributed by atoms with Gasteiger partial charge in [0.05, 0.1) is 0 Å². The highest BCUT2D eigenvalue weighted by atomic mass is 32.2. The Morgan fingerprint density at radius 2 is 1.88 bits per heavy atom. The molecule has 7 heteroatoms. The van der Waals surface area contributed by atoms with E-state index in [4.69, 9.17) is 5.11 Å². The van der Waals surface area contributed by atoms with Crippen molar-refractivity contribution >= 4 is 16.0 Å². The van der Waals surface area contributed by atoms with Crippen molar-refractivity contribution in [3.63, 3.8) is 0 Å². The minimum absolute atomic E-state index is 0.0573. The second-order valence-corrected chi connectivity index (χ2v) is 6.96. The Hall–Kier alpha value is -0.660. The molecular weight excluding hydrogens is 244 g/mol. The smallest absolute Gasteiger partial charge is 0.320 e. The molecule has 2 aliphatic heterocycles. The quantitative estimate of drug-likeness (QED) is 0.721. The molecular formula is C10H18N2O4S. The number of aliphatic carboxylic acids is 1. The zero-order valence-electron chi connectivity index (χ0n) is 9.80. The maximum Gasteiger partial charge on any atom is 0.320 e. The van der Waals surface area contributed by atoms with Crippen molar-refractivity contribution in [1.82, 2.24) is 9.62 Å². The largest absolute Gasteiger partial charge is 0.480 e. The molecule has 2 rings (SSSR count). The maximum atomic E-state index is 11.8. The molecule has 0 spiro atoms. The second-order valence-electron chi connectivity index (χ2n) is 4.93. The molecule has 2 atom stereocenters. The average molecular weight is 262 g/mol. The van der Waals surface area contributed by atoms with Crippen molar-refractivity contribution in [1.29, 1.82) is 0 Å². The number of nitrogens with one attached hydrogen (secondary N) is 1. The third kappa shape index (κ3) is 2.78. The molecule has 2 saturated heterocycles. The fraction of sp³-hybridized carbons (Fsp3) is 0.900. The molecule has 0 aromatic heterocycles. The van der Waals surface area contributed by atoms with Crippen LogP contribution in [0.1, 0.15) is 25.7 Å². The van der Waals surface area contributed by atoms with Crippen molar-refractivity contribution in [3.8, 4) is 0 Å². The molecule has 0 saturated carbocycles. The van der Waals surface area contributed by atoms with Crippen LogP contribution in [0.15, 0.2) is 0 Å². The van der Waals surface area contributed by atoms with E-state index >= 15 is 0 Å². The molecule has 0 radical (unpaired) electrons. The third-order valence-electron chi connectivity index (χ3n) is 3.71. The van der Waals surface area contributed by atoms with E-state index in [1.54, 1.807) is 0 Å². The van der Waals surface area contributed by atoms with Crippen LogP contribution in [-0.4, -0.2) is 54.7 Å². The number of rotatable bonds is 4. The van der Waals surface area contributed by atoms with Crippen LogP contribution in [0.2, 0.25) is 0 Å². The van der Waals surface area contributed by atoms with Gasteiger partial charge in [-0.3, -0.25) is 4.79 Å².